The predicted molar refractivity (Wildman–Crippen MR) is 53.1 cm³/mol. The average molecular weight is 218 g/mol. The maximum absolute atomic E-state index is 11.3. The van der Waals surface area contributed by atoms with E-state index in [1.54, 1.807) is 0 Å². The third kappa shape index (κ3) is 4.29. The van der Waals surface area contributed by atoms with E-state index in [4.69, 9.17) is 0 Å². The predicted octanol–water partition coefficient (Wildman–Crippen LogP) is 0.644. The molecule has 0 unspecified atom stereocenters. The molecule has 5 nitrogen and oxygen atoms in total. The molecular formula is C10H18O5. The van der Waals surface area contributed by atoms with Crippen molar-refractivity contribution in [2.24, 2.45) is 0 Å². The van der Waals surface area contributed by atoms with Gasteiger partial charge in [0.2, 0.25) is 0 Å². The van der Waals surface area contributed by atoms with E-state index in [-0.39, 0.29) is 13.2 Å². The van der Waals surface area contributed by atoms with Gasteiger partial charge in [0.1, 0.15) is 0 Å². The van der Waals surface area contributed by atoms with Crippen LogP contribution in [-0.4, -0.2) is 35.9 Å². The molecule has 0 saturated carbocycles. The Morgan fingerprint density at radius 3 is 1.67 bits per heavy atom. The first kappa shape index (κ1) is 13.9. The third-order valence-electron chi connectivity index (χ3n) is 1.67. The van der Waals surface area contributed by atoms with E-state index in [0.717, 1.165) is 6.92 Å². The summed E-state index contributed by atoms with van der Waals surface area (Å²) in [4.78, 5) is 22.5. The fraction of sp³-hybridized carbons (Fsp3) is 0.800. The molecule has 88 valence electrons. The lowest BCUT2D eigenvalue weighted by molar-refractivity contribution is -0.181. The van der Waals surface area contributed by atoms with Crippen molar-refractivity contribution in [1.29, 1.82) is 0 Å². The molecule has 0 amide bonds. The lowest BCUT2D eigenvalue weighted by atomic mass is 10.1. The minimum atomic E-state index is -2.20. The number of esters is 2. The van der Waals surface area contributed by atoms with Crippen LogP contribution in [-0.2, 0) is 19.1 Å². The summed E-state index contributed by atoms with van der Waals surface area (Å²) in [6.07, 6.45) is 1.26. The molecule has 0 bridgehead atoms. The maximum Gasteiger partial charge on any atom is 0.349 e. The first-order valence-corrected chi connectivity index (χ1v) is 5.03. The molecule has 0 fully saturated rings. The van der Waals surface area contributed by atoms with Crippen LogP contribution in [0.1, 0.15) is 33.6 Å². The summed E-state index contributed by atoms with van der Waals surface area (Å²) in [5, 5.41) is 9.56. The van der Waals surface area contributed by atoms with Crippen molar-refractivity contribution in [1.82, 2.24) is 0 Å². The Bertz CT molecular complexity index is 200. The van der Waals surface area contributed by atoms with Crippen LogP contribution in [0, 0.1) is 0 Å². The lowest BCUT2D eigenvalue weighted by Gasteiger charge is -2.19. The molecule has 0 aliphatic carbocycles. The number of ether oxygens (including phenoxy) is 2. The summed E-state index contributed by atoms with van der Waals surface area (Å²) in [7, 11) is 0. The van der Waals surface area contributed by atoms with Crippen molar-refractivity contribution in [3.05, 3.63) is 0 Å². The van der Waals surface area contributed by atoms with Gasteiger partial charge in [0, 0.05) is 0 Å². The summed E-state index contributed by atoms with van der Waals surface area (Å²) in [6, 6.07) is 0. The molecule has 0 aromatic heterocycles. The van der Waals surface area contributed by atoms with Gasteiger partial charge in [-0.25, -0.2) is 9.59 Å². The molecule has 0 atom stereocenters. The van der Waals surface area contributed by atoms with Gasteiger partial charge in [-0.15, -0.1) is 0 Å². The molecule has 0 aromatic carbocycles. The van der Waals surface area contributed by atoms with Crippen molar-refractivity contribution in [3.63, 3.8) is 0 Å². The molecule has 0 rings (SSSR count). The molecule has 0 aromatic rings. The quantitative estimate of drug-likeness (QED) is 0.523. The summed E-state index contributed by atoms with van der Waals surface area (Å²) in [5.74, 6) is -1.93. The van der Waals surface area contributed by atoms with E-state index in [9.17, 15) is 14.7 Å². The van der Waals surface area contributed by atoms with Crippen LogP contribution < -0.4 is 0 Å². The van der Waals surface area contributed by atoms with Gasteiger partial charge in [-0.3, -0.25) is 0 Å². The molecule has 0 radical (unpaired) electrons. The van der Waals surface area contributed by atoms with Gasteiger partial charge in [-0.2, -0.15) is 0 Å². The van der Waals surface area contributed by atoms with E-state index < -0.39 is 17.5 Å². The second-order valence-corrected chi connectivity index (χ2v) is 3.34. The van der Waals surface area contributed by atoms with Crippen molar-refractivity contribution in [3.8, 4) is 0 Å². The minimum Gasteiger partial charge on any atom is -0.463 e. The second-order valence-electron chi connectivity index (χ2n) is 3.34. The molecular weight excluding hydrogens is 200 g/mol. The van der Waals surface area contributed by atoms with Crippen LogP contribution in [0.3, 0.4) is 0 Å². The highest BCUT2D eigenvalue weighted by molar-refractivity contribution is 6.02. The Morgan fingerprint density at radius 2 is 1.40 bits per heavy atom. The molecule has 5 heteroatoms. The largest absolute Gasteiger partial charge is 0.463 e. The third-order valence-corrected chi connectivity index (χ3v) is 1.67. The van der Waals surface area contributed by atoms with Crippen molar-refractivity contribution in [2.45, 2.75) is 39.2 Å². The number of hydrogen-bond donors (Lipinski definition) is 1. The summed E-state index contributed by atoms with van der Waals surface area (Å²) < 4.78 is 9.33. The highest BCUT2D eigenvalue weighted by atomic mass is 16.6. The highest BCUT2D eigenvalue weighted by Crippen LogP contribution is 2.09. The number of carbonyl (C=O) groups is 2. The Hall–Kier alpha value is -1.10. The van der Waals surface area contributed by atoms with Crippen LogP contribution in [0.2, 0.25) is 0 Å². The molecule has 15 heavy (non-hydrogen) atoms. The first-order valence-electron chi connectivity index (χ1n) is 5.03. The van der Waals surface area contributed by atoms with Gasteiger partial charge in [-0.05, 0) is 19.8 Å². The zero-order valence-corrected chi connectivity index (χ0v) is 9.41. The Labute approximate surface area is 89.4 Å². The maximum atomic E-state index is 11.3. The van der Waals surface area contributed by atoms with Crippen LogP contribution in [0.25, 0.3) is 0 Å². The molecule has 0 heterocycles. The van der Waals surface area contributed by atoms with Gasteiger partial charge in [0.15, 0.2) is 0 Å². The highest BCUT2D eigenvalue weighted by Gasteiger charge is 2.42. The zero-order chi connectivity index (χ0) is 11.9. The van der Waals surface area contributed by atoms with Crippen LogP contribution in [0.5, 0.6) is 0 Å². The van der Waals surface area contributed by atoms with Gasteiger partial charge in [-0.1, -0.05) is 13.8 Å². The molecule has 0 aliphatic rings. The standard InChI is InChI=1S/C10H18O5/c1-4-6-14-8(11)10(3,13)9(12)15-7-5-2/h13H,4-7H2,1-3H3. The normalized spacial score (nSPS) is 10.9. The van der Waals surface area contributed by atoms with E-state index in [1.807, 2.05) is 13.8 Å². The van der Waals surface area contributed by atoms with Crippen LogP contribution >= 0.6 is 0 Å². The van der Waals surface area contributed by atoms with Gasteiger partial charge >= 0.3 is 11.9 Å². The van der Waals surface area contributed by atoms with E-state index in [0.29, 0.717) is 12.8 Å². The topological polar surface area (TPSA) is 72.8 Å². The van der Waals surface area contributed by atoms with Crippen LogP contribution in [0.15, 0.2) is 0 Å². The molecule has 1 N–H and O–H groups in total. The Kier molecular flexibility index (Phi) is 5.93. The summed E-state index contributed by atoms with van der Waals surface area (Å²) >= 11 is 0. The fourth-order valence-corrected chi connectivity index (χ4v) is 0.754. The number of rotatable bonds is 6. The zero-order valence-electron chi connectivity index (χ0n) is 9.41. The smallest absolute Gasteiger partial charge is 0.349 e. The van der Waals surface area contributed by atoms with E-state index >= 15 is 0 Å². The Morgan fingerprint density at radius 1 is 1.07 bits per heavy atom. The molecule has 0 aliphatic heterocycles. The fourth-order valence-electron chi connectivity index (χ4n) is 0.754. The van der Waals surface area contributed by atoms with Crippen LogP contribution in [0.4, 0.5) is 0 Å². The van der Waals surface area contributed by atoms with Gasteiger partial charge < -0.3 is 14.6 Å². The lowest BCUT2D eigenvalue weighted by Crippen LogP contribution is -2.46. The van der Waals surface area contributed by atoms with E-state index in [1.165, 1.54) is 0 Å². The van der Waals surface area contributed by atoms with Crippen molar-refractivity contribution >= 4 is 11.9 Å². The number of hydrogen-bond acceptors (Lipinski definition) is 5. The average Bonchev–Trinajstić information content (AvgIpc) is 2.21. The monoisotopic (exact) mass is 218 g/mol. The van der Waals surface area contributed by atoms with E-state index in [2.05, 4.69) is 9.47 Å². The SMILES string of the molecule is CCCOC(=O)C(C)(O)C(=O)OCCC. The molecule has 0 spiro atoms. The van der Waals surface area contributed by atoms with Crippen molar-refractivity contribution < 1.29 is 24.2 Å². The minimum absolute atomic E-state index is 0.177. The summed E-state index contributed by atoms with van der Waals surface area (Å²) in [6.45, 7) is 5.06. The van der Waals surface area contributed by atoms with Crippen molar-refractivity contribution in [2.75, 3.05) is 13.2 Å². The van der Waals surface area contributed by atoms with Gasteiger partial charge in [0.25, 0.3) is 5.60 Å². The Balaban J connectivity index is 4.24. The summed E-state index contributed by atoms with van der Waals surface area (Å²) in [5.41, 5.74) is -2.20. The van der Waals surface area contributed by atoms with Gasteiger partial charge in [0.05, 0.1) is 13.2 Å². The number of aliphatic hydroxyl groups is 1. The molecule has 0 saturated heterocycles. The number of carbonyl (C=O) groups excluding carboxylic acids is 2. The first-order chi connectivity index (χ1) is 6.96. The second kappa shape index (κ2) is 6.40.